The van der Waals surface area contributed by atoms with Gasteiger partial charge in [0.1, 0.15) is 11.4 Å². The van der Waals surface area contributed by atoms with Crippen LogP contribution in [0.3, 0.4) is 0 Å². The van der Waals surface area contributed by atoms with Crippen molar-refractivity contribution in [2.45, 2.75) is 32.9 Å². The van der Waals surface area contributed by atoms with Crippen LogP contribution in [-0.4, -0.2) is 21.7 Å². The van der Waals surface area contributed by atoms with E-state index in [1.165, 1.54) is 0 Å². The number of nitrogens with two attached hydrogens (primary N) is 2. The van der Waals surface area contributed by atoms with Crippen molar-refractivity contribution >= 4 is 17.6 Å². The molecule has 0 atom stereocenters. The second-order valence-corrected chi connectivity index (χ2v) is 6.00. The lowest BCUT2D eigenvalue weighted by Crippen LogP contribution is -2.27. The summed E-state index contributed by atoms with van der Waals surface area (Å²) in [5, 5.41) is 2.67. The van der Waals surface area contributed by atoms with E-state index in [4.69, 9.17) is 16.2 Å². The van der Waals surface area contributed by atoms with Crippen LogP contribution in [0, 0.1) is 0 Å². The molecule has 7 nitrogen and oxygen atoms in total. The highest BCUT2D eigenvalue weighted by Crippen LogP contribution is 2.21. The molecule has 1 aromatic heterocycles. The molecule has 0 spiro atoms. The van der Waals surface area contributed by atoms with Crippen LogP contribution in [-0.2, 0) is 11.3 Å². The zero-order valence-electron chi connectivity index (χ0n) is 13.5. The molecule has 2 aromatic rings. The molecular weight excluding hydrogens is 294 g/mol. The normalized spacial score (nSPS) is 11.1. The van der Waals surface area contributed by atoms with Crippen LogP contribution in [0.5, 0.6) is 0 Å². The molecular formula is C16H21N5O2. The van der Waals surface area contributed by atoms with Crippen molar-refractivity contribution in [3.63, 3.8) is 0 Å². The van der Waals surface area contributed by atoms with Gasteiger partial charge in [0.2, 0.25) is 0 Å². The van der Waals surface area contributed by atoms with Gasteiger partial charge >= 0.3 is 6.09 Å². The molecule has 1 heterocycles. The summed E-state index contributed by atoms with van der Waals surface area (Å²) in [6, 6.07) is 7.18. The summed E-state index contributed by atoms with van der Waals surface area (Å²) in [5.41, 5.74) is 13.4. The molecule has 1 amide bonds. The zero-order chi connectivity index (χ0) is 17.0. The topological polar surface area (TPSA) is 116 Å². The minimum Gasteiger partial charge on any atom is -0.444 e. The molecule has 7 heteroatoms. The summed E-state index contributed by atoms with van der Waals surface area (Å²) < 4.78 is 5.20. The van der Waals surface area contributed by atoms with Crippen LogP contribution in [0.1, 0.15) is 26.5 Å². The van der Waals surface area contributed by atoms with Crippen LogP contribution in [0.2, 0.25) is 0 Å². The van der Waals surface area contributed by atoms with E-state index in [9.17, 15) is 4.79 Å². The first-order chi connectivity index (χ1) is 10.8. The lowest BCUT2D eigenvalue weighted by molar-refractivity contribution is 0.0636. The number of aromatic nitrogens is 2. The smallest absolute Gasteiger partial charge is 0.412 e. The van der Waals surface area contributed by atoms with Crippen molar-refractivity contribution in [1.82, 2.24) is 9.97 Å². The van der Waals surface area contributed by atoms with E-state index in [2.05, 4.69) is 15.3 Å². The number of benzene rings is 1. The third-order valence-electron chi connectivity index (χ3n) is 2.90. The quantitative estimate of drug-likeness (QED) is 0.801. The van der Waals surface area contributed by atoms with Gasteiger partial charge in [0.15, 0.2) is 0 Å². The standard InChI is InChI=1S/C16H21N5O2/c1-16(2,3)23-15(22)20-11-6-4-10(5-7-11)13-9-19-14(18)12(8-17)21-13/h4-7,9H,8,17H2,1-3H3,(H2,18,19)(H,20,22). The molecule has 0 unspecified atom stereocenters. The van der Waals surface area contributed by atoms with E-state index in [-0.39, 0.29) is 6.54 Å². The Morgan fingerprint density at radius 3 is 2.48 bits per heavy atom. The van der Waals surface area contributed by atoms with Crippen LogP contribution < -0.4 is 16.8 Å². The number of carbonyl (C=O) groups excluding carboxylic acids is 1. The van der Waals surface area contributed by atoms with Gasteiger partial charge in [0.25, 0.3) is 0 Å². The Kier molecular flexibility index (Phi) is 4.80. The summed E-state index contributed by atoms with van der Waals surface area (Å²) in [5.74, 6) is 0.333. The molecule has 0 bridgehead atoms. The van der Waals surface area contributed by atoms with Crippen LogP contribution >= 0.6 is 0 Å². The van der Waals surface area contributed by atoms with Gasteiger partial charge in [-0.2, -0.15) is 0 Å². The van der Waals surface area contributed by atoms with Crippen molar-refractivity contribution in [3.05, 3.63) is 36.2 Å². The number of hydrogen-bond donors (Lipinski definition) is 3. The Labute approximate surface area is 135 Å². The fourth-order valence-corrected chi connectivity index (χ4v) is 1.87. The van der Waals surface area contributed by atoms with Crippen LogP contribution in [0.15, 0.2) is 30.5 Å². The van der Waals surface area contributed by atoms with Crippen molar-refractivity contribution in [2.75, 3.05) is 11.1 Å². The van der Waals surface area contributed by atoms with Crippen molar-refractivity contribution in [3.8, 4) is 11.3 Å². The minimum absolute atomic E-state index is 0.227. The maximum atomic E-state index is 11.7. The molecule has 0 aliphatic carbocycles. The monoisotopic (exact) mass is 315 g/mol. The maximum Gasteiger partial charge on any atom is 0.412 e. The SMILES string of the molecule is CC(C)(C)OC(=O)Nc1ccc(-c2cnc(N)c(CN)n2)cc1. The van der Waals surface area contributed by atoms with Gasteiger partial charge in [-0.05, 0) is 32.9 Å². The number of amides is 1. The van der Waals surface area contributed by atoms with Crippen molar-refractivity contribution in [1.29, 1.82) is 0 Å². The van der Waals surface area contributed by atoms with Crippen LogP contribution in [0.25, 0.3) is 11.3 Å². The summed E-state index contributed by atoms with van der Waals surface area (Å²) >= 11 is 0. The van der Waals surface area contributed by atoms with E-state index in [0.29, 0.717) is 22.9 Å². The zero-order valence-corrected chi connectivity index (χ0v) is 13.5. The average Bonchev–Trinajstić information content (AvgIpc) is 2.46. The van der Waals surface area contributed by atoms with Gasteiger partial charge in [-0.25, -0.2) is 14.8 Å². The number of ether oxygens (including phenoxy) is 1. The summed E-state index contributed by atoms with van der Waals surface area (Å²) in [6.45, 7) is 5.66. The number of nitrogen functional groups attached to an aromatic ring is 1. The molecule has 23 heavy (non-hydrogen) atoms. The number of nitrogens with one attached hydrogen (secondary N) is 1. The molecule has 0 radical (unpaired) electrons. The fraction of sp³-hybridized carbons (Fsp3) is 0.312. The second-order valence-electron chi connectivity index (χ2n) is 6.00. The van der Waals surface area contributed by atoms with Gasteiger partial charge in [0, 0.05) is 17.8 Å². The fourth-order valence-electron chi connectivity index (χ4n) is 1.87. The van der Waals surface area contributed by atoms with Crippen molar-refractivity contribution < 1.29 is 9.53 Å². The molecule has 0 aliphatic rings. The molecule has 0 saturated carbocycles. The van der Waals surface area contributed by atoms with Gasteiger partial charge in [-0.15, -0.1) is 0 Å². The molecule has 0 saturated heterocycles. The molecule has 0 fully saturated rings. The highest BCUT2D eigenvalue weighted by Gasteiger charge is 2.16. The first kappa shape index (κ1) is 16.7. The van der Waals surface area contributed by atoms with Crippen molar-refractivity contribution in [2.24, 2.45) is 5.73 Å². The highest BCUT2D eigenvalue weighted by atomic mass is 16.6. The lowest BCUT2D eigenvalue weighted by atomic mass is 10.1. The van der Waals surface area contributed by atoms with Gasteiger partial charge in [0.05, 0.1) is 17.6 Å². The Morgan fingerprint density at radius 1 is 1.26 bits per heavy atom. The Morgan fingerprint density at radius 2 is 1.91 bits per heavy atom. The minimum atomic E-state index is -0.539. The Bertz CT molecular complexity index is 693. The molecule has 5 N–H and O–H groups in total. The van der Waals surface area contributed by atoms with E-state index in [1.807, 2.05) is 32.9 Å². The number of rotatable bonds is 3. The van der Waals surface area contributed by atoms with E-state index in [1.54, 1.807) is 18.3 Å². The van der Waals surface area contributed by atoms with E-state index in [0.717, 1.165) is 5.56 Å². The summed E-state index contributed by atoms with van der Waals surface area (Å²) in [7, 11) is 0. The number of anilines is 2. The molecule has 122 valence electrons. The predicted molar refractivity (Wildman–Crippen MR) is 89.6 cm³/mol. The van der Waals surface area contributed by atoms with E-state index >= 15 is 0 Å². The first-order valence-corrected chi connectivity index (χ1v) is 7.20. The van der Waals surface area contributed by atoms with Gasteiger partial charge in [-0.1, -0.05) is 12.1 Å². The maximum absolute atomic E-state index is 11.7. The Balaban J connectivity index is 2.12. The number of nitrogens with zero attached hydrogens (tertiary/aromatic N) is 2. The lowest BCUT2D eigenvalue weighted by Gasteiger charge is -2.19. The van der Waals surface area contributed by atoms with Gasteiger partial charge in [-0.3, -0.25) is 5.32 Å². The highest BCUT2D eigenvalue weighted by molar-refractivity contribution is 5.85. The van der Waals surface area contributed by atoms with Crippen LogP contribution in [0.4, 0.5) is 16.3 Å². The third kappa shape index (κ3) is 4.65. The predicted octanol–water partition coefficient (Wildman–Crippen LogP) is 2.53. The molecule has 0 aliphatic heterocycles. The van der Waals surface area contributed by atoms with Gasteiger partial charge < -0.3 is 16.2 Å². The Hall–Kier alpha value is -2.67. The van der Waals surface area contributed by atoms with E-state index < -0.39 is 11.7 Å². The number of hydrogen-bond acceptors (Lipinski definition) is 6. The third-order valence-corrected chi connectivity index (χ3v) is 2.90. The average molecular weight is 315 g/mol. The first-order valence-electron chi connectivity index (χ1n) is 7.20. The second kappa shape index (κ2) is 6.62. The molecule has 2 rings (SSSR count). The summed E-state index contributed by atoms with van der Waals surface area (Å²) in [4.78, 5) is 20.2. The largest absolute Gasteiger partial charge is 0.444 e. The number of carbonyl (C=O) groups is 1. The molecule has 1 aromatic carbocycles. The summed E-state index contributed by atoms with van der Waals surface area (Å²) in [6.07, 6.45) is 1.09.